The first-order valence-corrected chi connectivity index (χ1v) is 8.35. The smallest absolute Gasteiger partial charge is 0.241 e. The topological polar surface area (TPSA) is 66.0 Å². The van der Waals surface area contributed by atoms with E-state index in [-0.39, 0.29) is 12.5 Å². The maximum absolute atomic E-state index is 11.7. The van der Waals surface area contributed by atoms with Gasteiger partial charge in [0.1, 0.15) is 6.54 Å². The van der Waals surface area contributed by atoms with Gasteiger partial charge in [-0.25, -0.2) is 4.99 Å². The van der Waals surface area contributed by atoms with Crippen LogP contribution in [0.15, 0.2) is 4.99 Å². The van der Waals surface area contributed by atoms with Crippen LogP contribution >= 0.6 is 0 Å². The van der Waals surface area contributed by atoms with E-state index in [9.17, 15) is 4.79 Å². The van der Waals surface area contributed by atoms with Gasteiger partial charge in [-0.2, -0.15) is 0 Å². The minimum atomic E-state index is -0.0645. The van der Waals surface area contributed by atoms with Gasteiger partial charge in [-0.05, 0) is 31.6 Å². The van der Waals surface area contributed by atoms with E-state index in [1.807, 2.05) is 0 Å². The second-order valence-electron chi connectivity index (χ2n) is 6.24. The Balaban J connectivity index is 2.47. The molecule has 0 aliphatic carbocycles. The number of guanidine groups is 1. The number of nitrogens with zero attached hydrogens (tertiary/aromatic N) is 2. The van der Waals surface area contributed by atoms with Crippen molar-refractivity contribution in [2.24, 2.45) is 16.8 Å². The highest BCUT2D eigenvalue weighted by molar-refractivity contribution is 5.85. The predicted molar refractivity (Wildman–Crippen MR) is 90.0 cm³/mol. The Morgan fingerprint density at radius 3 is 2.82 bits per heavy atom. The summed E-state index contributed by atoms with van der Waals surface area (Å²) in [5.74, 6) is 2.26. The molecule has 0 aromatic heterocycles. The Kier molecular flexibility index (Phi) is 8.89. The van der Waals surface area contributed by atoms with E-state index in [4.69, 9.17) is 4.74 Å². The zero-order valence-electron chi connectivity index (χ0n) is 14.5. The van der Waals surface area contributed by atoms with E-state index >= 15 is 0 Å². The zero-order chi connectivity index (χ0) is 16.4. The van der Waals surface area contributed by atoms with Crippen molar-refractivity contribution in [2.45, 2.75) is 33.6 Å². The van der Waals surface area contributed by atoms with Crippen molar-refractivity contribution in [3.63, 3.8) is 0 Å². The van der Waals surface area contributed by atoms with Crippen molar-refractivity contribution < 1.29 is 9.53 Å². The Morgan fingerprint density at radius 2 is 2.18 bits per heavy atom. The van der Waals surface area contributed by atoms with Crippen molar-refractivity contribution >= 4 is 11.9 Å². The molecule has 0 aromatic rings. The summed E-state index contributed by atoms with van der Waals surface area (Å²) in [6, 6.07) is 0. The lowest BCUT2D eigenvalue weighted by Crippen LogP contribution is -2.41. The van der Waals surface area contributed by atoms with Crippen molar-refractivity contribution in [3.8, 4) is 0 Å². The molecule has 0 saturated carbocycles. The molecule has 0 spiro atoms. The standard InChI is InChI=1S/C16H32N4O2/c1-5-17-16(19-11-15(21)18-7-9-22-4)20-8-6-14(12-20)10-13(2)3/h13-14H,5-12H2,1-4H3,(H,17,19)(H,18,21). The molecule has 6 heteroatoms. The number of aliphatic imine (C=N–C) groups is 1. The lowest BCUT2D eigenvalue weighted by Gasteiger charge is -2.22. The predicted octanol–water partition coefficient (Wildman–Crippen LogP) is 1.08. The Morgan fingerprint density at radius 1 is 1.41 bits per heavy atom. The molecule has 1 rings (SSSR count). The molecular formula is C16H32N4O2. The van der Waals surface area contributed by atoms with Gasteiger partial charge in [-0.3, -0.25) is 4.79 Å². The van der Waals surface area contributed by atoms with Crippen LogP contribution in [0.3, 0.4) is 0 Å². The second kappa shape index (κ2) is 10.4. The molecule has 1 aliphatic rings. The highest BCUT2D eigenvalue weighted by Gasteiger charge is 2.25. The molecular weight excluding hydrogens is 280 g/mol. The summed E-state index contributed by atoms with van der Waals surface area (Å²) < 4.78 is 4.91. The average molecular weight is 312 g/mol. The van der Waals surface area contributed by atoms with Gasteiger partial charge in [0.25, 0.3) is 0 Å². The monoisotopic (exact) mass is 312 g/mol. The highest BCUT2D eigenvalue weighted by Crippen LogP contribution is 2.23. The minimum absolute atomic E-state index is 0.0645. The summed E-state index contributed by atoms with van der Waals surface area (Å²) in [7, 11) is 1.62. The van der Waals surface area contributed by atoms with Crippen molar-refractivity contribution in [1.29, 1.82) is 0 Å². The molecule has 1 atom stereocenters. The first-order chi connectivity index (χ1) is 10.6. The molecule has 1 aliphatic heterocycles. The van der Waals surface area contributed by atoms with Crippen LogP contribution in [0.2, 0.25) is 0 Å². The lowest BCUT2D eigenvalue weighted by molar-refractivity contribution is -0.119. The quantitative estimate of drug-likeness (QED) is 0.400. The van der Waals surface area contributed by atoms with Gasteiger partial charge >= 0.3 is 0 Å². The summed E-state index contributed by atoms with van der Waals surface area (Å²) in [6.07, 6.45) is 2.47. The SMILES string of the molecule is CCNC(=NCC(=O)NCCOC)N1CCC(CC(C)C)C1. The summed E-state index contributed by atoms with van der Waals surface area (Å²) in [5.41, 5.74) is 0. The third-order valence-corrected chi connectivity index (χ3v) is 3.73. The van der Waals surface area contributed by atoms with Crippen molar-refractivity contribution in [1.82, 2.24) is 15.5 Å². The van der Waals surface area contributed by atoms with Gasteiger partial charge < -0.3 is 20.3 Å². The number of likely N-dealkylation sites (tertiary alicyclic amines) is 1. The number of nitrogens with one attached hydrogen (secondary N) is 2. The van der Waals surface area contributed by atoms with Crippen LogP contribution in [0.25, 0.3) is 0 Å². The molecule has 1 fully saturated rings. The third-order valence-electron chi connectivity index (χ3n) is 3.73. The normalized spacial score (nSPS) is 18.9. The summed E-state index contributed by atoms with van der Waals surface area (Å²) in [5, 5.41) is 6.08. The number of methoxy groups -OCH3 is 1. The molecule has 0 aromatic carbocycles. The Hall–Kier alpha value is -1.30. The van der Waals surface area contributed by atoms with E-state index in [1.165, 1.54) is 12.8 Å². The molecule has 1 saturated heterocycles. The molecule has 6 nitrogen and oxygen atoms in total. The van der Waals surface area contributed by atoms with Gasteiger partial charge in [0.2, 0.25) is 5.91 Å². The molecule has 1 heterocycles. The second-order valence-corrected chi connectivity index (χ2v) is 6.24. The van der Waals surface area contributed by atoms with Gasteiger partial charge in [0, 0.05) is 33.3 Å². The van der Waals surface area contributed by atoms with E-state index in [2.05, 4.69) is 41.3 Å². The molecule has 0 radical (unpaired) electrons. The molecule has 0 bridgehead atoms. The van der Waals surface area contributed by atoms with Gasteiger partial charge in [-0.1, -0.05) is 13.8 Å². The molecule has 2 N–H and O–H groups in total. The van der Waals surface area contributed by atoms with E-state index in [0.717, 1.165) is 37.4 Å². The minimum Gasteiger partial charge on any atom is -0.383 e. The largest absolute Gasteiger partial charge is 0.383 e. The fourth-order valence-electron chi connectivity index (χ4n) is 2.81. The van der Waals surface area contributed by atoms with Crippen LogP contribution in [0, 0.1) is 11.8 Å². The van der Waals surface area contributed by atoms with Crippen LogP contribution in [-0.2, 0) is 9.53 Å². The summed E-state index contributed by atoms with van der Waals surface area (Å²) in [4.78, 5) is 18.5. The average Bonchev–Trinajstić information content (AvgIpc) is 2.91. The maximum Gasteiger partial charge on any atom is 0.241 e. The first kappa shape index (κ1) is 18.7. The summed E-state index contributed by atoms with van der Waals surface area (Å²) >= 11 is 0. The number of carbonyl (C=O) groups is 1. The zero-order valence-corrected chi connectivity index (χ0v) is 14.5. The number of amides is 1. The van der Waals surface area contributed by atoms with Crippen molar-refractivity contribution in [3.05, 3.63) is 0 Å². The number of hydrogen-bond acceptors (Lipinski definition) is 3. The third kappa shape index (κ3) is 7.11. The molecule has 1 unspecified atom stereocenters. The van der Waals surface area contributed by atoms with E-state index in [1.54, 1.807) is 7.11 Å². The first-order valence-electron chi connectivity index (χ1n) is 8.35. The van der Waals surface area contributed by atoms with Gasteiger partial charge in [-0.15, -0.1) is 0 Å². The fraction of sp³-hybridized carbons (Fsp3) is 0.875. The van der Waals surface area contributed by atoms with E-state index in [0.29, 0.717) is 13.2 Å². The van der Waals surface area contributed by atoms with E-state index < -0.39 is 0 Å². The lowest BCUT2D eigenvalue weighted by atomic mass is 9.97. The number of carbonyl (C=O) groups excluding carboxylic acids is 1. The van der Waals surface area contributed by atoms with Gasteiger partial charge in [0.05, 0.1) is 6.61 Å². The Bertz CT molecular complexity index is 358. The molecule has 128 valence electrons. The van der Waals surface area contributed by atoms with Crippen LogP contribution in [-0.4, -0.2) is 63.2 Å². The highest BCUT2D eigenvalue weighted by atomic mass is 16.5. The molecule has 22 heavy (non-hydrogen) atoms. The number of hydrogen-bond donors (Lipinski definition) is 2. The van der Waals surface area contributed by atoms with Crippen LogP contribution in [0.5, 0.6) is 0 Å². The molecule has 1 amide bonds. The Labute approximate surface area is 134 Å². The number of ether oxygens (including phenoxy) is 1. The van der Waals surface area contributed by atoms with Crippen molar-refractivity contribution in [2.75, 3.05) is 46.4 Å². The summed E-state index contributed by atoms with van der Waals surface area (Å²) in [6.45, 7) is 10.7. The number of rotatable bonds is 8. The van der Waals surface area contributed by atoms with Crippen LogP contribution < -0.4 is 10.6 Å². The van der Waals surface area contributed by atoms with Crippen LogP contribution in [0.4, 0.5) is 0 Å². The van der Waals surface area contributed by atoms with Crippen LogP contribution in [0.1, 0.15) is 33.6 Å². The maximum atomic E-state index is 11.7. The van der Waals surface area contributed by atoms with Gasteiger partial charge in [0.15, 0.2) is 5.96 Å². The fourth-order valence-corrected chi connectivity index (χ4v) is 2.81.